The number of hydrogen-bond donors (Lipinski definition) is 0. The first-order chi connectivity index (χ1) is 11.6. The van der Waals surface area contributed by atoms with Gasteiger partial charge >= 0.3 is 5.97 Å². The van der Waals surface area contributed by atoms with Crippen LogP contribution < -0.4 is 14.2 Å². The van der Waals surface area contributed by atoms with E-state index in [-0.39, 0.29) is 17.3 Å². The number of methoxy groups -OCH3 is 2. The summed E-state index contributed by atoms with van der Waals surface area (Å²) in [5.41, 5.74) is 0.690. The van der Waals surface area contributed by atoms with Crippen molar-refractivity contribution in [2.24, 2.45) is 0 Å². The van der Waals surface area contributed by atoms with Crippen LogP contribution in [0.5, 0.6) is 17.2 Å². The summed E-state index contributed by atoms with van der Waals surface area (Å²) in [7, 11) is 2.92. The Morgan fingerprint density at radius 3 is 2.21 bits per heavy atom. The number of carbonyl (C=O) groups is 2. The number of ether oxygens (including phenoxy) is 3. The molecule has 2 rings (SSSR count). The molecular weight excluding hydrogens is 308 g/mol. The molecule has 0 spiro atoms. The van der Waals surface area contributed by atoms with Crippen molar-refractivity contribution < 1.29 is 23.8 Å². The quantitative estimate of drug-likeness (QED) is 0.438. The minimum Gasteiger partial charge on any atom is -0.493 e. The summed E-state index contributed by atoms with van der Waals surface area (Å²) >= 11 is 0. The maximum atomic E-state index is 12.4. The predicted molar refractivity (Wildman–Crippen MR) is 90.2 cm³/mol. The number of hydrogen-bond acceptors (Lipinski definition) is 5. The number of esters is 1. The average molecular weight is 328 g/mol. The van der Waals surface area contributed by atoms with Crippen molar-refractivity contribution in [1.82, 2.24) is 0 Å². The molecule has 0 heterocycles. The average Bonchev–Trinajstić information content (AvgIpc) is 2.62. The van der Waals surface area contributed by atoms with Gasteiger partial charge in [0.2, 0.25) is 5.75 Å². The molecule has 0 radical (unpaired) electrons. The second kappa shape index (κ2) is 8.15. The largest absolute Gasteiger partial charge is 0.493 e. The molecular formula is C19H20O5. The van der Waals surface area contributed by atoms with E-state index in [0.717, 1.165) is 0 Å². The van der Waals surface area contributed by atoms with Crippen LogP contribution in [0, 0.1) is 0 Å². The van der Waals surface area contributed by atoms with E-state index in [2.05, 4.69) is 0 Å². The van der Waals surface area contributed by atoms with Gasteiger partial charge in [-0.3, -0.25) is 4.79 Å². The smallest absolute Gasteiger partial charge is 0.343 e. The first-order valence-electron chi connectivity index (χ1n) is 7.67. The molecule has 0 unspecified atom stereocenters. The van der Waals surface area contributed by atoms with Gasteiger partial charge in [0, 0.05) is 6.42 Å². The zero-order valence-electron chi connectivity index (χ0n) is 14.0. The van der Waals surface area contributed by atoms with Crippen molar-refractivity contribution in [1.29, 1.82) is 0 Å². The van der Waals surface area contributed by atoms with Crippen LogP contribution >= 0.6 is 0 Å². The highest BCUT2D eigenvalue weighted by atomic mass is 16.6. The van der Waals surface area contributed by atoms with Crippen molar-refractivity contribution in [3.05, 3.63) is 53.6 Å². The fraction of sp³-hybridized carbons (Fsp3) is 0.263. The summed E-state index contributed by atoms with van der Waals surface area (Å²) < 4.78 is 16.0. The Morgan fingerprint density at radius 2 is 1.62 bits per heavy atom. The second-order valence-corrected chi connectivity index (χ2v) is 5.11. The maximum Gasteiger partial charge on any atom is 0.343 e. The fourth-order valence-electron chi connectivity index (χ4n) is 2.31. The van der Waals surface area contributed by atoms with Gasteiger partial charge in [-0.1, -0.05) is 25.1 Å². The van der Waals surface area contributed by atoms with E-state index < -0.39 is 5.97 Å². The maximum absolute atomic E-state index is 12.4. The minimum atomic E-state index is -0.562. The molecule has 126 valence electrons. The van der Waals surface area contributed by atoms with Crippen LogP contribution in [0.25, 0.3) is 0 Å². The van der Waals surface area contributed by atoms with E-state index in [1.807, 2.05) is 6.92 Å². The molecule has 2 aromatic carbocycles. The Labute approximate surface area is 141 Å². The summed E-state index contributed by atoms with van der Waals surface area (Å²) in [4.78, 5) is 24.7. The topological polar surface area (TPSA) is 61.8 Å². The summed E-state index contributed by atoms with van der Waals surface area (Å²) in [6.45, 7) is 1.91. The Morgan fingerprint density at radius 1 is 0.917 bits per heavy atom. The Hall–Kier alpha value is -2.82. The van der Waals surface area contributed by atoms with Gasteiger partial charge in [0.05, 0.1) is 25.3 Å². The highest BCUT2D eigenvalue weighted by Crippen LogP contribution is 2.40. The summed E-state index contributed by atoms with van der Waals surface area (Å²) in [5.74, 6) is 0.0244. The van der Waals surface area contributed by atoms with Gasteiger partial charge in [0.1, 0.15) is 0 Å². The lowest BCUT2D eigenvalue weighted by Crippen LogP contribution is -2.13. The van der Waals surface area contributed by atoms with Crippen LogP contribution in [-0.2, 0) is 0 Å². The van der Waals surface area contributed by atoms with Crippen molar-refractivity contribution in [3.63, 3.8) is 0 Å². The first kappa shape index (κ1) is 17.5. The minimum absolute atomic E-state index is 0.0872. The summed E-state index contributed by atoms with van der Waals surface area (Å²) in [5, 5.41) is 0. The fourth-order valence-corrected chi connectivity index (χ4v) is 2.31. The van der Waals surface area contributed by atoms with Gasteiger partial charge in [-0.15, -0.1) is 0 Å². The third-order valence-corrected chi connectivity index (χ3v) is 3.48. The van der Waals surface area contributed by atoms with Crippen LogP contribution in [0.4, 0.5) is 0 Å². The van der Waals surface area contributed by atoms with E-state index in [0.29, 0.717) is 29.7 Å². The molecule has 0 aliphatic carbocycles. The van der Waals surface area contributed by atoms with Crippen LogP contribution in [0.2, 0.25) is 0 Å². The molecule has 0 saturated carbocycles. The molecule has 0 aliphatic heterocycles. The predicted octanol–water partition coefficient (Wildman–Crippen LogP) is 3.91. The Bertz CT molecular complexity index is 722. The van der Waals surface area contributed by atoms with Crippen LogP contribution in [0.1, 0.15) is 40.5 Å². The van der Waals surface area contributed by atoms with Crippen molar-refractivity contribution >= 4 is 11.8 Å². The summed E-state index contributed by atoms with van der Waals surface area (Å²) in [6.07, 6.45) is 1.05. The molecule has 0 atom stereocenters. The lowest BCUT2D eigenvalue weighted by atomic mass is 10.0. The lowest BCUT2D eigenvalue weighted by molar-refractivity contribution is 0.0726. The van der Waals surface area contributed by atoms with E-state index in [1.54, 1.807) is 42.5 Å². The van der Waals surface area contributed by atoms with Crippen molar-refractivity contribution in [2.75, 3.05) is 14.2 Å². The second-order valence-electron chi connectivity index (χ2n) is 5.11. The van der Waals surface area contributed by atoms with E-state index in [9.17, 15) is 9.59 Å². The SMILES string of the molecule is CCCC(=O)c1ccc(OC)c(OC)c1OC(=O)c1ccccc1. The number of carbonyl (C=O) groups excluding carboxylic acids is 2. The van der Waals surface area contributed by atoms with Gasteiger partial charge in [-0.25, -0.2) is 4.79 Å². The molecule has 0 bridgehead atoms. The Kier molecular flexibility index (Phi) is 5.95. The van der Waals surface area contributed by atoms with E-state index in [1.165, 1.54) is 14.2 Å². The highest BCUT2D eigenvalue weighted by molar-refractivity contribution is 6.01. The van der Waals surface area contributed by atoms with Gasteiger partial charge in [0.15, 0.2) is 17.3 Å². The van der Waals surface area contributed by atoms with Crippen LogP contribution in [-0.4, -0.2) is 26.0 Å². The zero-order chi connectivity index (χ0) is 17.5. The summed E-state index contributed by atoms with van der Waals surface area (Å²) in [6, 6.07) is 11.8. The zero-order valence-corrected chi connectivity index (χ0v) is 14.0. The third-order valence-electron chi connectivity index (χ3n) is 3.48. The monoisotopic (exact) mass is 328 g/mol. The molecule has 5 nitrogen and oxygen atoms in total. The van der Waals surface area contributed by atoms with Crippen molar-refractivity contribution in [3.8, 4) is 17.2 Å². The molecule has 0 N–H and O–H groups in total. The molecule has 0 aliphatic rings. The van der Waals surface area contributed by atoms with Gasteiger partial charge in [-0.05, 0) is 30.7 Å². The number of benzene rings is 2. The lowest BCUT2D eigenvalue weighted by Gasteiger charge is -2.16. The number of rotatable bonds is 7. The molecule has 0 amide bonds. The Balaban J connectivity index is 2.47. The number of Topliss-reactive ketones (excluding diaryl/α,β-unsaturated/α-hetero) is 1. The number of ketones is 1. The molecule has 0 aromatic heterocycles. The van der Waals surface area contributed by atoms with E-state index in [4.69, 9.17) is 14.2 Å². The van der Waals surface area contributed by atoms with Crippen LogP contribution in [0.15, 0.2) is 42.5 Å². The molecule has 24 heavy (non-hydrogen) atoms. The van der Waals surface area contributed by atoms with Gasteiger partial charge in [0.25, 0.3) is 0 Å². The van der Waals surface area contributed by atoms with Gasteiger partial charge in [-0.2, -0.15) is 0 Å². The molecule has 5 heteroatoms. The van der Waals surface area contributed by atoms with Gasteiger partial charge < -0.3 is 14.2 Å². The normalized spacial score (nSPS) is 10.1. The molecule has 2 aromatic rings. The standard InChI is InChI=1S/C19H20O5/c1-4-8-15(20)14-11-12-16(22-2)18(23-3)17(14)24-19(21)13-9-6-5-7-10-13/h5-7,9-12H,4,8H2,1-3H3. The van der Waals surface area contributed by atoms with Crippen molar-refractivity contribution in [2.45, 2.75) is 19.8 Å². The van der Waals surface area contributed by atoms with Crippen LogP contribution in [0.3, 0.4) is 0 Å². The van der Waals surface area contributed by atoms with E-state index >= 15 is 0 Å². The first-order valence-corrected chi connectivity index (χ1v) is 7.67. The molecule has 0 saturated heterocycles. The highest BCUT2D eigenvalue weighted by Gasteiger charge is 2.23. The molecule has 0 fully saturated rings. The third kappa shape index (κ3) is 3.74.